The van der Waals surface area contributed by atoms with E-state index in [1.165, 1.54) is 10.9 Å². The number of piperidine rings is 1. The highest BCUT2D eigenvalue weighted by Crippen LogP contribution is 2.19. The summed E-state index contributed by atoms with van der Waals surface area (Å²) in [6.45, 7) is 4.95. The van der Waals surface area contributed by atoms with Crippen molar-refractivity contribution in [3.8, 4) is 0 Å². The van der Waals surface area contributed by atoms with Gasteiger partial charge in [-0.1, -0.05) is 6.92 Å². The van der Waals surface area contributed by atoms with Gasteiger partial charge in [-0.3, -0.25) is 4.68 Å². The van der Waals surface area contributed by atoms with E-state index in [1.807, 2.05) is 6.92 Å². The van der Waals surface area contributed by atoms with E-state index in [4.69, 9.17) is 0 Å². The van der Waals surface area contributed by atoms with Crippen LogP contribution >= 0.6 is 0 Å². The molecule has 0 atom stereocenters. The third-order valence-electron chi connectivity index (χ3n) is 3.59. The van der Waals surface area contributed by atoms with Gasteiger partial charge in [-0.05, 0) is 31.8 Å². The van der Waals surface area contributed by atoms with Crippen molar-refractivity contribution in [1.29, 1.82) is 0 Å². The fourth-order valence-electron chi connectivity index (χ4n) is 2.43. The molecule has 1 aliphatic heterocycles. The third-order valence-corrected chi connectivity index (χ3v) is 5.49. The van der Waals surface area contributed by atoms with Crippen LogP contribution in [0.15, 0.2) is 17.3 Å². The van der Waals surface area contributed by atoms with Crippen LogP contribution in [0.5, 0.6) is 0 Å². The standard InChI is InChI=1S/C12H22N4O2S/c1-3-16(9-11-4-6-13-7-5-11)19(17,18)12-8-14-15(2)10-12/h8,10-11,13H,3-7,9H2,1-2H3. The Kier molecular flexibility index (Phi) is 4.59. The van der Waals surface area contributed by atoms with Crippen LogP contribution < -0.4 is 5.32 Å². The number of aromatic nitrogens is 2. The second-order valence-electron chi connectivity index (χ2n) is 5.00. The van der Waals surface area contributed by atoms with Crippen molar-refractivity contribution in [1.82, 2.24) is 19.4 Å². The Morgan fingerprint density at radius 3 is 2.68 bits per heavy atom. The summed E-state index contributed by atoms with van der Waals surface area (Å²) in [5, 5.41) is 7.25. The minimum atomic E-state index is -3.40. The van der Waals surface area contributed by atoms with Crippen molar-refractivity contribution >= 4 is 10.0 Å². The van der Waals surface area contributed by atoms with Crippen molar-refractivity contribution < 1.29 is 8.42 Å². The summed E-state index contributed by atoms with van der Waals surface area (Å²) >= 11 is 0. The molecule has 0 amide bonds. The summed E-state index contributed by atoms with van der Waals surface area (Å²) in [6.07, 6.45) is 5.05. The first-order valence-corrected chi connectivity index (χ1v) is 8.17. The molecular weight excluding hydrogens is 264 g/mol. The molecule has 1 aromatic heterocycles. The average molecular weight is 286 g/mol. The highest BCUT2D eigenvalue weighted by atomic mass is 32.2. The largest absolute Gasteiger partial charge is 0.317 e. The van der Waals surface area contributed by atoms with Crippen molar-refractivity contribution in [2.45, 2.75) is 24.7 Å². The van der Waals surface area contributed by atoms with Crippen LogP contribution in [0.3, 0.4) is 0 Å². The zero-order valence-corrected chi connectivity index (χ0v) is 12.4. The molecule has 1 saturated heterocycles. The molecule has 2 heterocycles. The molecule has 7 heteroatoms. The van der Waals surface area contributed by atoms with Gasteiger partial charge in [-0.2, -0.15) is 9.40 Å². The zero-order chi connectivity index (χ0) is 13.9. The quantitative estimate of drug-likeness (QED) is 0.852. The minimum absolute atomic E-state index is 0.283. The maximum absolute atomic E-state index is 12.5. The maximum Gasteiger partial charge on any atom is 0.246 e. The first-order chi connectivity index (χ1) is 9.04. The van der Waals surface area contributed by atoms with Crippen LogP contribution in [-0.2, 0) is 17.1 Å². The molecule has 1 aliphatic rings. The Hall–Kier alpha value is -0.920. The molecule has 0 unspecified atom stereocenters. The summed E-state index contributed by atoms with van der Waals surface area (Å²) in [4.78, 5) is 0.283. The molecule has 0 bridgehead atoms. The molecular formula is C12H22N4O2S. The lowest BCUT2D eigenvalue weighted by molar-refractivity contribution is 0.294. The molecule has 1 fully saturated rings. The number of nitrogens with zero attached hydrogens (tertiary/aromatic N) is 3. The van der Waals surface area contributed by atoms with Crippen LogP contribution in [0.1, 0.15) is 19.8 Å². The molecule has 19 heavy (non-hydrogen) atoms. The molecule has 6 nitrogen and oxygen atoms in total. The summed E-state index contributed by atoms with van der Waals surface area (Å²) in [5.74, 6) is 0.452. The van der Waals surface area contributed by atoms with Crippen LogP contribution in [-0.4, -0.2) is 48.7 Å². The van der Waals surface area contributed by atoms with E-state index in [2.05, 4.69) is 10.4 Å². The first kappa shape index (κ1) is 14.5. The SMILES string of the molecule is CCN(CC1CCNCC1)S(=O)(=O)c1cnn(C)c1. The molecule has 0 radical (unpaired) electrons. The predicted octanol–water partition coefficient (Wildman–Crippen LogP) is 0.430. The molecule has 0 aliphatic carbocycles. The van der Waals surface area contributed by atoms with Gasteiger partial charge in [0.25, 0.3) is 0 Å². The molecule has 108 valence electrons. The van der Waals surface area contributed by atoms with Gasteiger partial charge in [0.2, 0.25) is 10.0 Å². The van der Waals surface area contributed by atoms with E-state index in [-0.39, 0.29) is 4.90 Å². The second kappa shape index (κ2) is 6.02. The fraction of sp³-hybridized carbons (Fsp3) is 0.750. The third kappa shape index (κ3) is 3.34. The molecule has 0 aromatic carbocycles. The highest BCUT2D eigenvalue weighted by molar-refractivity contribution is 7.89. The van der Waals surface area contributed by atoms with E-state index in [9.17, 15) is 8.42 Å². The van der Waals surface area contributed by atoms with E-state index in [1.54, 1.807) is 17.5 Å². The van der Waals surface area contributed by atoms with Gasteiger partial charge >= 0.3 is 0 Å². The second-order valence-corrected chi connectivity index (χ2v) is 6.94. The van der Waals surface area contributed by atoms with Gasteiger partial charge in [0.15, 0.2) is 0 Å². The maximum atomic E-state index is 12.5. The molecule has 1 aromatic rings. The lowest BCUT2D eigenvalue weighted by atomic mass is 9.98. The van der Waals surface area contributed by atoms with Crippen molar-refractivity contribution in [2.24, 2.45) is 13.0 Å². The minimum Gasteiger partial charge on any atom is -0.317 e. The van der Waals surface area contributed by atoms with Gasteiger partial charge < -0.3 is 5.32 Å². The molecule has 1 N–H and O–H groups in total. The van der Waals surface area contributed by atoms with Gasteiger partial charge in [-0.25, -0.2) is 8.42 Å². The fourth-order valence-corrected chi connectivity index (χ4v) is 3.94. The lowest BCUT2D eigenvalue weighted by Crippen LogP contribution is -2.39. The Morgan fingerprint density at radius 2 is 2.16 bits per heavy atom. The summed E-state index contributed by atoms with van der Waals surface area (Å²) in [5.41, 5.74) is 0. The van der Waals surface area contributed by atoms with E-state index < -0.39 is 10.0 Å². The van der Waals surface area contributed by atoms with Gasteiger partial charge in [0.05, 0.1) is 6.20 Å². The monoisotopic (exact) mass is 286 g/mol. The van der Waals surface area contributed by atoms with E-state index >= 15 is 0 Å². The van der Waals surface area contributed by atoms with Crippen LogP contribution in [0.4, 0.5) is 0 Å². The van der Waals surface area contributed by atoms with Crippen LogP contribution in [0, 0.1) is 5.92 Å². The number of rotatable bonds is 5. The van der Waals surface area contributed by atoms with Crippen molar-refractivity contribution in [3.63, 3.8) is 0 Å². The Bertz CT molecular complexity index is 506. The van der Waals surface area contributed by atoms with E-state index in [0.29, 0.717) is 19.0 Å². The summed E-state index contributed by atoms with van der Waals surface area (Å²) < 4.78 is 28.1. The Balaban J connectivity index is 2.11. The smallest absolute Gasteiger partial charge is 0.246 e. The topological polar surface area (TPSA) is 67.2 Å². The Morgan fingerprint density at radius 1 is 1.47 bits per heavy atom. The number of aryl methyl sites for hydroxylation is 1. The van der Waals surface area contributed by atoms with Gasteiger partial charge in [0.1, 0.15) is 4.90 Å². The summed E-state index contributed by atoms with van der Waals surface area (Å²) in [7, 11) is -1.68. The van der Waals surface area contributed by atoms with Crippen molar-refractivity contribution in [3.05, 3.63) is 12.4 Å². The van der Waals surface area contributed by atoms with Gasteiger partial charge in [-0.15, -0.1) is 0 Å². The lowest BCUT2D eigenvalue weighted by Gasteiger charge is -2.28. The molecule has 0 spiro atoms. The van der Waals surface area contributed by atoms with Crippen molar-refractivity contribution in [2.75, 3.05) is 26.2 Å². The summed E-state index contributed by atoms with van der Waals surface area (Å²) in [6, 6.07) is 0. The van der Waals surface area contributed by atoms with Crippen LogP contribution in [0.2, 0.25) is 0 Å². The number of hydrogen-bond donors (Lipinski definition) is 1. The highest BCUT2D eigenvalue weighted by Gasteiger charge is 2.27. The van der Waals surface area contributed by atoms with E-state index in [0.717, 1.165) is 25.9 Å². The number of nitrogens with one attached hydrogen (secondary N) is 1. The predicted molar refractivity (Wildman–Crippen MR) is 73.2 cm³/mol. The first-order valence-electron chi connectivity index (χ1n) is 6.73. The molecule has 0 saturated carbocycles. The Labute approximate surface area is 114 Å². The number of hydrogen-bond acceptors (Lipinski definition) is 4. The average Bonchev–Trinajstić information content (AvgIpc) is 2.84. The zero-order valence-electron chi connectivity index (χ0n) is 11.5. The number of sulfonamides is 1. The molecule has 2 rings (SSSR count). The van der Waals surface area contributed by atoms with Gasteiger partial charge in [0, 0.05) is 26.3 Å². The normalized spacial score (nSPS) is 18.1. The van der Waals surface area contributed by atoms with Crippen LogP contribution in [0.25, 0.3) is 0 Å².